The molecule has 0 aliphatic heterocycles. The van der Waals surface area contributed by atoms with E-state index in [0.717, 1.165) is 21.0 Å². The summed E-state index contributed by atoms with van der Waals surface area (Å²) in [5, 5.41) is 2.98. The quantitative estimate of drug-likeness (QED) is 0.202. The first-order valence-electron chi connectivity index (χ1n) is 15.2. The molecule has 0 aliphatic carbocycles. The monoisotopic (exact) mass is 643 g/mol. The Hall–Kier alpha value is -4.50. The van der Waals surface area contributed by atoms with E-state index >= 15 is 4.39 Å². The molecule has 0 unspecified atom stereocenters. The lowest BCUT2D eigenvalue weighted by atomic mass is 10.0. The number of hydrogen-bond acceptors (Lipinski definition) is 4. The number of anilines is 1. The van der Waals surface area contributed by atoms with Gasteiger partial charge in [0.1, 0.15) is 18.4 Å². The fourth-order valence-electron chi connectivity index (χ4n) is 5.16. The molecule has 4 aromatic carbocycles. The minimum atomic E-state index is -4.24. The van der Waals surface area contributed by atoms with E-state index < -0.39 is 45.8 Å². The molecule has 7 nitrogen and oxygen atoms in total. The molecule has 4 aromatic rings. The number of nitrogens with zero attached hydrogens (tertiary/aromatic N) is 2. The molecule has 0 spiro atoms. The van der Waals surface area contributed by atoms with Crippen LogP contribution in [0.5, 0.6) is 0 Å². The summed E-state index contributed by atoms with van der Waals surface area (Å²) in [5.74, 6) is -1.61. The van der Waals surface area contributed by atoms with Gasteiger partial charge in [0.15, 0.2) is 0 Å². The molecular formula is C37H42FN3O4S. The molecule has 0 saturated heterocycles. The van der Waals surface area contributed by atoms with Gasteiger partial charge in [0.05, 0.1) is 10.6 Å². The second-order valence-electron chi connectivity index (χ2n) is 12.7. The predicted molar refractivity (Wildman–Crippen MR) is 180 cm³/mol. The summed E-state index contributed by atoms with van der Waals surface area (Å²) in [7, 11) is -4.24. The van der Waals surface area contributed by atoms with Crippen LogP contribution in [0.1, 0.15) is 48.6 Å². The van der Waals surface area contributed by atoms with Crippen LogP contribution in [-0.2, 0) is 32.6 Å². The molecular weight excluding hydrogens is 601 g/mol. The van der Waals surface area contributed by atoms with Gasteiger partial charge in [0.25, 0.3) is 10.0 Å². The number of amides is 2. The molecule has 9 heteroatoms. The fraction of sp³-hybridized carbons (Fsp3) is 0.297. The number of hydrogen-bond donors (Lipinski definition) is 1. The second-order valence-corrected chi connectivity index (χ2v) is 14.5. The Balaban J connectivity index is 1.86. The van der Waals surface area contributed by atoms with E-state index in [9.17, 15) is 18.0 Å². The van der Waals surface area contributed by atoms with Crippen molar-refractivity contribution in [2.45, 2.75) is 71.0 Å². The first kappa shape index (κ1) is 34.4. The number of carbonyl (C=O) groups excluding carboxylic acids is 2. The molecule has 46 heavy (non-hydrogen) atoms. The maximum atomic E-state index is 15.1. The third-order valence-corrected chi connectivity index (χ3v) is 9.36. The summed E-state index contributed by atoms with van der Waals surface area (Å²) in [6.07, 6.45) is 0.136. The van der Waals surface area contributed by atoms with Crippen LogP contribution in [0, 0.1) is 26.6 Å². The molecule has 1 atom stereocenters. The van der Waals surface area contributed by atoms with Crippen LogP contribution < -0.4 is 9.62 Å². The normalized spacial score (nSPS) is 12.3. The van der Waals surface area contributed by atoms with Crippen molar-refractivity contribution in [1.29, 1.82) is 0 Å². The highest BCUT2D eigenvalue weighted by molar-refractivity contribution is 7.92. The maximum Gasteiger partial charge on any atom is 0.264 e. The highest BCUT2D eigenvalue weighted by Gasteiger charge is 2.36. The molecule has 2 amide bonds. The number of benzene rings is 4. The standard InChI is InChI=1S/C37H42FN3O4S/c1-26-17-20-31(21-18-26)46(44,45)41(33-22-27(2)16-19-28(33)3)25-35(42)40(24-30-14-10-11-15-32(30)38)34(36(43)39-37(4,5)6)23-29-12-8-7-9-13-29/h7-22,34H,23-25H2,1-6H3,(H,39,43)/t34-/m0/s1. The summed E-state index contributed by atoms with van der Waals surface area (Å²) in [6, 6.07) is 26.1. The van der Waals surface area contributed by atoms with Crippen molar-refractivity contribution in [2.24, 2.45) is 0 Å². The van der Waals surface area contributed by atoms with E-state index in [2.05, 4.69) is 5.32 Å². The Bertz CT molecular complexity index is 1790. The van der Waals surface area contributed by atoms with Crippen molar-refractivity contribution >= 4 is 27.5 Å². The lowest BCUT2D eigenvalue weighted by Crippen LogP contribution is -2.56. The number of sulfonamides is 1. The van der Waals surface area contributed by atoms with E-state index in [1.807, 2.05) is 71.0 Å². The van der Waals surface area contributed by atoms with Gasteiger partial charge in [-0.25, -0.2) is 12.8 Å². The van der Waals surface area contributed by atoms with Crippen LogP contribution in [-0.4, -0.2) is 43.3 Å². The average Bonchev–Trinajstić information content (AvgIpc) is 2.99. The van der Waals surface area contributed by atoms with E-state index in [1.165, 1.54) is 23.1 Å². The van der Waals surface area contributed by atoms with Crippen LogP contribution in [0.3, 0.4) is 0 Å². The maximum absolute atomic E-state index is 15.1. The molecule has 0 radical (unpaired) electrons. The minimum absolute atomic E-state index is 0.0266. The Labute approximate surface area is 272 Å². The largest absolute Gasteiger partial charge is 0.350 e. The molecule has 0 aliphatic rings. The van der Waals surface area contributed by atoms with Gasteiger partial charge in [0.2, 0.25) is 11.8 Å². The summed E-state index contributed by atoms with van der Waals surface area (Å²) < 4.78 is 44.7. The zero-order valence-electron chi connectivity index (χ0n) is 27.2. The van der Waals surface area contributed by atoms with Gasteiger partial charge >= 0.3 is 0 Å². The summed E-state index contributed by atoms with van der Waals surface area (Å²) in [4.78, 5) is 29.9. The summed E-state index contributed by atoms with van der Waals surface area (Å²) >= 11 is 0. The lowest BCUT2D eigenvalue weighted by Gasteiger charge is -2.35. The van der Waals surface area contributed by atoms with Crippen molar-refractivity contribution in [3.05, 3.63) is 131 Å². The predicted octanol–water partition coefficient (Wildman–Crippen LogP) is 6.50. The number of rotatable bonds is 11. The van der Waals surface area contributed by atoms with Crippen LogP contribution in [0.25, 0.3) is 0 Å². The molecule has 0 heterocycles. The van der Waals surface area contributed by atoms with Crippen molar-refractivity contribution < 1.29 is 22.4 Å². The van der Waals surface area contributed by atoms with Crippen molar-refractivity contribution in [2.75, 3.05) is 10.8 Å². The molecule has 242 valence electrons. The number of nitrogens with one attached hydrogen (secondary N) is 1. The van der Waals surface area contributed by atoms with E-state index in [0.29, 0.717) is 11.3 Å². The third-order valence-electron chi connectivity index (χ3n) is 7.59. The van der Waals surface area contributed by atoms with Crippen molar-refractivity contribution in [1.82, 2.24) is 10.2 Å². The molecule has 0 bridgehead atoms. The topological polar surface area (TPSA) is 86.8 Å². The molecule has 0 aromatic heterocycles. The number of aryl methyl sites for hydroxylation is 3. The van der Waals surface area contributed by atoms with Gasteiger partial charge in [-0.1, -0.05) is 78.4 Å². The van der Waals surface area contributed by atoms with Crippen LogP contribution in [0.2, 0.25) is 0 Å². The molecule has 0 fully saturated rings. The summed E-state index contributed by atoms with van der Waals surface area (Å²) in [5.41, 5.74) is 3.07. The van der Waals surface area contributed by atoms with Gasteiger partial charge in [0, 0.05) is 24.1 Å². The lowest BCUT2D eigenvalue weighted by molar-refractivity contribution is -0.140. The highest BCUT2D eigenvalue weighted by atomic mass is 32.2. The zero-order chi connectivity index (χ0) is 33.6. The van der Waals surface area contributed by atoms with Gasteiger partial charge < -0.3 is 10.2 Å². The van der Waals surface area contributed by atoms with E-state index in [1.54, 1.807) is 49.4 Å². The molecule has 1 N–H and O–H groups in total. The Morgan fingerprint density at radius 1 is 0.826 bits per heavy atom. The second kappa shape index (κ2) is 14.3. The summed E-state index contributed by atoms with van der Waals surface area (Å²) in [6.45, 7) is 10.1. The SMILES string of the molecule is Cc1ccc(S(=O)(=O)N(CC(=O)N(Cc2ccccc2F)[C@@H](Cc2ccccc2)C(=O)NC(C)(C)C)c2cc(C)ccc2C)cc1. The molecule has 0 saturated carbocycles. The first-order chi connectivity index (χ1) is 21.7. The number of halogens is 1. The highest BCUT2D eigenvalue weighted by Crippen LogP contribution is 2.29. The van der Waals surface area contributed by atoms with Crippen molar-refractivity contribution in [3.63, 3.8) is 0 Å². The minimum Gasteiger partial charge on any atom is -0.350 e. The third kappa shape index (κ3) is 8.60. The van der Waals surface area contributed by atoms with Gasteiger partial charge in [-0.15, -0.1) is 0 Å². The van der Waals surface area contributed by atoms with E-state index in [4.69, 9.17) is 0 Å². The Morgan fingerprint density at radius 3 is 2.07 bits per heavy atom. The van der Waals surface area contributed by atoms with E-state index in [-0.39, 0.29) is 23.4 Å². The van der Waals surface area contributed by atoms with Gasteiger partial charge in [-0.2, -0.15) is 0 Å². The van der Waals surface area contributed by atoms with Crippen molar-refractivity contribution in [3.8, 4) is 0 Å². The Morgan fingerprint density at radius 2 is 1.43 bits per heavy atom. The van der Waals surface area contributed by atoms with Crippen LogP contribution in [0.4, 0.5) is 10.1 Å². The average molecular weight is 644 g/mol. The zero-order valence-corrected chi connectivity index (χ0v) is 28.1. The van der Waals surface area contributed by atoms with Gasteiger partial charge in [-0.05, 0) is 82.5 Å². The van der Waals surface area contributed by atoms with Crippen LogP contribution >= 0.6 is 0 Å². The van der Waals surface area contributed by atoms with Crippen LogP contribution in [0.15, 0.2) is 102 Å². The number of carbonyl (C=O) groups is 2. The first-order valence-corrected chi connectivity index (χ1v) is 16.7. The molecule has 4 rings (SSSR count). The Kier molecular flexibility index (Phi) is 10.7. The van der Waals surface area contributed by atoms with Gasteiger partial charge in [-0.3, -0.25) is 13.9 Å². The smallest absolute Gasteiger partial charge is 0.264 e. The fourth-order valence-corrected chi connectivity index (χ4v) is 6.63.